The highest BCUT2D eigenvalue weighted by atomic mass is 16.6. The van der Waals surface area contributed by atoms with Crippen LogP contribution >= 0.6 is 0 Å². The van der Waals surface area contributed by atoms with Gasteiger partial charge in [0.05, 0.1) is 165 Å². The van der Waals surface area contributed by atoms with Crippen LogP contribution in [-0.2, 0) is 81.3 Å². The maximum absolute atomic E-state index is 14.8. The molecule has 0 saturated heterocycles. The normalized spacial score (nSPS) is 14.3. The van der Waals surface area contributed by atoms with Crippen molar-refractivity contribution in [3.8, 4) is 23.0 Å². The zero-order chi connectivity index (χ0) is 66.5. The van der Waals surface area contributed by atoms with Gasteiger partial charge in [0.2, 0.25) is 17.2 Å². The number of nitrogens with zero attached hydrogens (tertiary/aromatic N) is 4. The van der Waals surface area contributed by atoms with E-state index in [1.807, 2.05) is 143 Å². The van der Waals surface area contributed by atoms with Crippen LogP contribution in [0.3, 0.4) is 0 Å². The Kier molecular flexibility index (Phi) is 32.9. The molecule has 2 aromatic carbocycles. The summed E-state index contributed by atoms with van der Waals surface area (Å²) in [6.07, 6.45) is 23.6. The number of ketones is 1. The Morgan fingerprint density at radius 2 is 0.766 bits per heavy atom. The number of aliphatic hydroxyl groups excluding tert-OH is 1. The Morgan fingerprint density at radius 3 is 1.17 bits per heavy atom. The van der Waals surface area contributed by atoms with Crippen molar-refractivity contribution in [2.75, 3.05) is 196 Å². The van der Waals surface area contributed by atoms with Gasteiger partial charge < -0.3 is 94.6 Å². The summed E-state index contributed by atoms with van der Waals surface area (Å²) in [5.41, 5.74) is 8.09. The number of allylic oxidation sites excluding steroid dienone is 5. The molecule has 2 aliphatic rings. The number of benzene rings is 2. The average Bonchev–Trinajstić information content (AvgIpc) is 1.43. The molecule has 1 aliphatic carbocycles. The lowest BCUT2D eigenvalue weighted by Crippen LogP contribution is -2.29. The number of carbonyl (C=O) groups is 1. The van der Waals surface area contributed by atoms with Crippen LogP contribution < -0.4 is 18.9 Å². The molecule has 94 heavy (non-hydrogen) atoms. The molecule has 0 fully saturated rings. The standard InChI is InChI=1S/C72H94N4O18/c1-79-35-39-91-47-43-87-31-27-73-25-9-11-59(73)17-13-55-51-67(85-7)57(53-65(55)83-5)15-19-61-21-23-63(75(61)29-33-89-45-49-93-41-37-81-3)69-71(77)70(72(69)78)64-24-22-62(76(64)30-34-90-46-50-94-42-38-82-4)20-16-58-54-66(84-6)56(52-68(58)86-8)14-18-60-12-10-26-74(60)28-32-88-44-48-92-40-36-80-2/h9-26,51-54H,27-50H2,1-8H3/p+1. The van der Waals surface area contributed by atoms with Crippen LogP contribution in [0.5, 0.6) is 23.0 Å². The Morgan fingerprint density at radius 1 is 0.394 bits per heavy atom. The third kappa shape index (κ3) is 22.2. The molecule has 510 valence electrons. The van der Waals surface area contributed by atoms with Crippen LogP contribution in [-0.4, -0.2) is 230 Å². The second-order valence-electron chi connectivity index (χ2n) is 21.1. The Labute approximate surface area is 552 Å². The van der Waals surface area contributed by atoms with Gasteiger partial charge in [0.25, 0.3) is 0 Å². The molecule has 0 saturated carbocycles. The van der Waals surface area contributed by atoms with Gasteiger partial charge in [0, 0.05) is 118 Å². The molecule has 1 N–H and O–H groups in total. The van der Waals surface area contributed by atoms with Gasteiger partial charge >= 0.3 is 0 Å². The molecular weight excluding hydrogens is 1210 g/mol. The number of hydrogen-bond acceptors (Lipinski definition) is 18. The molecule has 22 nitrogen and oxygen atoms in total. The topological polar surface area (TPSA) is 203 Å². The van der Waals surface area contributed by atoms with E-state index in [2.05, 4.69) is 9.13 Å². The van der Waals surface area contributed by atoms with Crippen molar-refractivity contribution in [3.63, 3.8) is 0 Å². The quantitative estimate of drug-likeness (QED) is 0.0219. The molecule has 0 unspecified atom stereocenters. The maximum atomic E-state index is 14.8. The first-order valence-corrected chi connectivity index (χ1v) is 31.6. The molecule has 4 heterocycles. The zero-order valence-corrected chi connectivity index (χ0v) is 55.8. The van der Waals surface area contributed by atoms with Crippen molar-refractivity contribution in [2.24, 2.45) is 0 Å². The number of ether oxygens (including phenoxy) is 16. The van der Waals surface area contributed by atoms with Gasteiger partial charge in [-0.25, -0.2) is 0 Å². The minimum atomic E-state index is -0.312. The van der Waals surface area contributed by atoms with E-state index in [4.69, 9.17) is 75.8 Å². The van der Waals surface area contributed by atoms with Crippen molar-refractivity contribution >= 4 is 59.6 Å². The van der Waals surface area contributed by atoms with E-state index in [1.54, 1.807) is 56.9 Å². The predicted molar refractivity (Wildman–Crippen MR) is 363 cm³/mol. The second-order valence-corrected chi connectivity index (χ2v) is 21.1. The average molecular weight is 1300 g/mol. The van der Waals surface area contributed by atoms with E-state index >= 15 is 0 Å². The Bertz CT molecular complexity index is 3380. The molecular formula is C72H95N4O18+. The molecule has 0 amide bonds. The lowest BCUT2D eigenvalue weighted by Gasteiger charge is -2.23. The Balaban J connectivity index is 1.14. The number of rotatable bonds is 49. The zero-order valence-electron chi connectivity index (χ0n) is 55.8. The largest absolute Gasteiger partial charge is 0.506 e. The van der Waals surface area contributed by atoms with E-state index in [-0.39, 0.29) is 22.7 Å². The van der Waals surface area contributed by atoms with Crippen LogP contribution in [0, 0.1) is 0 Å². The summed E-state index contributed by atoms with van der Waals surface area (Å²) >= 11 is 0. The summed E-state index contributed by atoms with van der Waals surface area (Å²) in [6.45, 7) is 11.2. The van der Waals surface area contributed by atoms with E-state index in [1.165, 1.54) is 0 Å². The van der Waals surface area contributed by atoms with Gasteiger partial charge in [-0.1, -0.05) is 0 Å². The van der Waals surface area contributed by atoms with Gasteiger partial charge in [-0.05, 0) is 103 Å². The smallest absolute Gasteiger partial charge is 0.221 e. The van der Waals surface area contributed by atoms with Gasteiger partial charge in [-0.3, -0.25) is 4.79 Å². The highest BCUT2D eigenvalue weighted by Gasteiger charge is 2.43. The molecule has 0 bridgehead atoms. The number of aromatic nitrogens is 3. The van der Waals surface area contributed by atoms with Crippen molar-refractivity contribution in [1.29, 1.82) is 0 Å². The number of methoxy groups -OCH3 is 8. The lowest BCUT2D eigenvalue weighted by atomic mass is 9.84. The van der Waals surface area contributed by atoms with Crippen LogP contribution in [0.25, 0.3) is 48.1 Å². The molecule has 0 radical (unpaired) electrons. The van der Waals surface area contributed by atoms with Crippen LogP contribution in [0.4, 0.5) is 0 Å². The summed E-state index contributed by atoms with van der Waals surface area (Å²) in [7, 11) is 13.1. The number of Topliss-reactive ketones (excluding diaryl/α,β-unsaturated/α-hetero) is 1. The van der Waals surface area contributed by atoms with Crippen LogP contribution in [0.15, 0.2) is 108 Å². The molecule has 3 aromatic heterocycles. The first kappa shape index (κ1) is 73.7. The van der Waals surface area contributed by atoms with Gasteiger partial charge in [-0.2, -0.15) is 4.58 Å². The minimum absolute atomic E-state index is 0.125. The van der Waals surface area contributed by atoms with Gasteiger partial charge in [0.1, 0.15) is 40.9 Å². The fourth-order valence-corrected chi connectivity index (χ4v) is 10.2. The fourth-order valence-electron chi connectivity index (χ4n) is 10.2. The van der Waals surface area contributed by atoms with E-state index in [9.17, 15) is 9.90 Å². The molecule has 1 aliphatic heterocycles. The first-order valence-electron chi connectivity index (χ1n) is 31.6. The second kappa shape index (κ2) is 41.9. The third-order valence-corrected chi connectivity index (χ3v) is 15.2. The first-order chi connectivity index (χ1) is 46.2. The fraction of sp³-hybridized carbons (Fsp3) is 0.444. The molecule has 7 rings (SSSR count). The lowest BCUT2D eigenvalue weighted by molar-refractivity contribution is -0.472. The number of hydrogen-bond donors (Lipinski definition) is 1. The SMILES string of the molecule is COCCOCCOCCn1cccc1/C=C/c1cc(OC)c(/C=C/C2=[N+](CCOCCOCCOC)C(=C3\C(=O)C(c4ccc(/C=C/c5cc(OC)c(/C=C/c6cccn6CCOCCOCCOC)cc5OC)n4CCOCCOCCOC)=C3O)/C=C2)cc1OC. The van der Waals surface area contributed by atoms with E-state index in [0.29, 0.717) is 193 Å². The molecule has 0 atom stereocenters. The molecule has 0 spiro atoms. The monoisotopic (exact) mass is 1300 g/mol. The summed E-state index contributed by atoms with van der Waals surface area (Å²) in [5.74, 6) is 2.08. The predicted octanol–water partition coefficient (Wildman–Crippen LogP) is 9.20. The number of carbonyl (C=O) groups excluding carboxylic acids is 1. The minimum Gasteiger partial charge on any atom is -0.506 e. The van der Waals surface area contributed by atoms with Crippen molar-refractivity contribution < 1.29 is 90.3 Å². The Hall–Kier alpha value is -7.68. The van der Waals surface area contributed by atoms with Gasteiger partial charge in [0.15, 0.2) is 6.54 Å². The third-order valence-electron chi connectivity index (χ3n) is 15.2. The highest BCUT2D eigenvalue weighted by molar-refractivity contribution is 6.39. The van der Waals surface area contributed by atoms with Crippen molar-refractivity contribution in [2.45, 2.75) is 19.6 Å². The van der Waals surface area contributed by atoms with Crippen molar-refractivity contribution in [3.05, 3.63) is 153 Å². The summed E-state index contributed by atoms with van der Waals surface area (Å²) < 4.78 is 98.3. The molecule has 22 heteroatoms. The van der Waals surface area contributed by atoms with Crippen LogP contribution in [0.2, 0.25) is 0 Å². The summed E-state index contributed by atoms with van der Waals surface area (Å²) in [6, 6.07) is 19.6. The van der Waals surface area contributed by atoms with E-state index < -0.39 is 0 Å². The van der Waals surface area contributed by atoms with E-state index in [0.717, 1.165) is 45.0 Å². The number of aliphatic hydroxyl groups is 1. The highest BCUT2D eigenvalue weighted by Crippen LogP contribution is 2.41. The summed E-state index contributed by atoms with van der Waals surface area (Å²) in [4.78, 5) is 14.8. The molecule has 5 aromatic rings. The summed E-state index contributed by atoms with van der Waals surface area (Å²) in [5, 5.41) is 12.2. The van der Waals surface area contributed by atoms with Crippen molar-refractivity contribution in [1.82, 2.24) is 13.7 Å². The van der Waals surface area contributed by atoms with Gasteiger partial charge in [-0.15, -0.1) is 0 Å². The van der Waals surface area contributed by atoms with Crippen LogP contribution in [0.1, 0.15) is 45.0 Å². The maximum Gasteiger partial charge on any atom is 0.221 e.